The van der Waals surface area contributed by atoms with Crippen molar-refractivity contribution in [2.75, 3.05) is 13.1 Å². The van der Waals surface area contributed by atoms with E-state index < -0.39 is 0 Å². The molecule has 1 unspecified atom stereocenters. The Kier molecular flexibility index (Phi) is 4.54. The fourth-order valence-electron chi connectivity index (χ4n) is 2.79. The molecule has 1 atom stereocenters. The van der Waals surface area contributed by atoms with Crippen molar-refractivity contribution in [1.29, 1.82) is 0 Å². The molecule has 2 aromatic rings. The van der Waals surface area contributed by atoms with E-state index in [0.29, 0.717) is 6.04 Å². The normalized spacial score (nSPS) is 17.6. The molecule has 1 aliphatic heterocycles. The van der Waals surface area contributed by atoms with E-state index in [1.54, 1.807) is 0 Å². The molecule has 3 heterocycles. The number of piperidine rings is 1. The molecule has 1 saturated heterocycles. The lowest BCUT2D eigenvalue weighted by molar-refractivity contribution is 0.0707. The molecule has 6 nitrogen and oxygen atoms in total. The van der Waals surface area contributed by atoms with Gasteiger partial charge in [0.05, 0.1) is 10.9 Å². The van der Waals surface area contributed by atoms with E-state index in [0.717, 1.165) is 42.5 Å². The number of likely N-dealkylation sites (tertiary alicyclic amines) is 1. The van der Waals surface area contributed by atoms with Crippen LogP contribution in [0.1, 0.15) is 47.1 Å². The molecule has 2 N–H and O–H groups in total. The number of aryl methyl sites for hydroxylation is 1. The van der Waals surface area contributed by atoms with Gasteiger partial charge in [-0.2, -0.15) is 5.10 Å². The van der Waals surface area contributed by atoms with Gasteiger partial charge in [-0.25, -0.2) is 4.98 Å². The van der Waals surface area contributed by atoms with Crippen molar-refractivity contribution in [3.63, 3.8) is 0 Å². The van der Waals surface area contributed by atoms with Crippen LogP contribution in [0, 0.1) is 6.92 Å². The molecule has 22 heavy (non-hydrogen) atoms. The second-order valence-electron chi connectivity index (χ2n) is 5.71. The highest BCUT2D eigenvalue weighted by molar-refractivity contribution is 7.12. The van der Waals surface area contributed by atoms with E-state index in [1.807, 2.05) is 29.3 Å². The highest BCUT2D eigenvalue weighted by Crippen LogP contribution is 2.19. The first kappa shape index (κ1) is 15.2. The third-order valence-corrected chi connectivity index (χ3v) is 4.86. The summed E-state index contributed by atoms with van der Waals surface area (Å²) in [6.07, 6.45) is 1.93. The average molecular weight is 319 g/mol. The van der Waals surface area contributed by atoms with Crippen LogP contribution in [0.3, 0.4) is 0 Å². The van der Waals surface area contributed by atoms with Gasteiger partial charge in [-0.3, -0.25) is 9.89 Å². The summed E-state index contributed by atoms with van der Waals surface area (Å²) in [4.78, 5) is 19.4. The summed E-state index contributed by atoms with van der Waals surface area (Å²) in [5, 5.41) is 12.6. The zero-order valence-electron chi connectivity index (χ0n) is 12.9. The number of carbonyl (C=O) groups is 1. The Morgan fingerprint density at radius 2 is 2.27 bits per heavy atom. The maximum absolute atomic E-state index is 12.3. The van der Waals surface area contributed by atoms with Crippen LogP contribution in [-0.4, -0.2) is 45.1 Å². The first-order valence-corrected chi connectivity index (χ1v) is 8.49. The third-order valence-electron chi connectivity index (χ3n) is 4.00. The largest absolute Gasteiger partial charge is 0.338 e. The standard InChI is InChI=1S/C15H21N5OS/c1-10(14-17-11(2)18-19-14)16-12-5-7-20(8-6-12)15(21)13-4-3-9-22-13/h3-4,9-10,12,16H,5-8H2,1-2H3,(H,17,18,19). The minimum atomic E-state index is 0.120. The Bertz CT molecular complexity index is 616. The lowest BCUT2D eigenvalue weighted by Gasteiger charge is -2.33. The van der Waals surface area contributed by atoms with E-state index in [1.165, 1.54) is 11.3 Å². The highest BCUT2D eigenvalue weighted by Gasteiger charge is 2.25. The number of aromatic amines is 1. The third kappa shape index (κ3) is 3.36. The van der Waals surface area contributed by atoms with Gasteiger partial charge in [0, 0.05) is 19.1 Å². The van der Waals surface area contributed by atoms with Gasteiger partial charge >= 0.3 is 0 Å². The summed E-state index contributed by atoms with van der Waals surface area (Å²) >= 11 is 1.51. The Labute approximate surface area is 133 Å². The van der Waals surface area contributed by atoms with Gasteiger partial charge in [-0.15, -0.1) is 11.3 Å². The summed E-state index contributed by atoms with van der Waals surface area (Å²) in [5.41, 5.74) is 0. The number of H-pyrrole nitrogens is 1. The van der Waals surface area contributed by atoms with Crippen LogP contribution in [0.4, 0.5) is 0 Å². The monoisotopic (exact) mass is 319 g/mol. The number of amides is 1. The van der Waals surface area contributed by atoms with Crippen molar-refractivity contribution in [3.05, 3.63) is 34.0 Å². The van der Waals surface area contributed by atoms with Gasteiger partial charge in [-0.05, 0) is 38.1 Å². The van der Waals surface area contributed by atoms with Gasteiger partial charge in [0.25, 0.3) is 5.91 Å². The van der Waals surface area contributed by atoms with E-state index in [9.17, 15) is 4.79 Å². The minimum absolute atomic E-state index is 0.120. The number of carbonyl (C=O) groups excluding carboxylic acids is 1. The number of rotatable bonds is 4. The average Bonchev–Trinajstić information content (AvgIpc) is 3.18. The van der Waals surface area contributed by atoms with Crippen LogP contribution < -0.4 is 5.32 Å². The second kappa shape index (κ2) is 6.58. The topological polar surface area (TPSA) is 73.9 Å². The molecule has 0 aromatic carbocycles. The molecule has 0 aliphatic carbocycles. The van der Waals surface area contributed by atoms with Crippen molar-refractivity contribution in [2.45, 2.75) is 38.8 Å². The van der Waals surface area contributed by atoms with E-state index in [-0.39, 0.29) is 11.9 Å². The molecule has 1 amide bonds. The van der Waals surface area contributed by atoms with E-state index in [2.05, 4.69) is 27.4 Å². The summed E-state index contributed by atoms with van der Waals surface area (Å²) in [6.45, 7) is 5.58. The Hall–Kier alpha value is -1.73. The molecular weight excluding hydrogens is 298 g/mol. The second-order valence-corrected chi connectivity index (χ2v) is 6.66. The summed E-state index contributed by atoms with van der Waals surface area (Å²) < 4.78 is 0. The molecule has 3 rings (SSSR count). The van der Waals surface area contributed by atoms with Crippen LogP contribution in [0.2, 0.25) is 0 Å². The highest BCUT2D eigenvalue weighted by atomic mass is 32.1. The molecular formula is C15H21N5OS. The molecule has 0 bridgehead atoms. The van der Waals surface area contributed by atoms with Gasteiger partial charge in [0.1, 0.15) is 5.82 Å². The smallest absolute Gasteiger partial charge is 0.263 e. The first-order valence-electron chi connectivity index (χ1n) is 7.61. The summed E-state index contributed by atoms with van der Waals surface area (Å²) in [6, 6.07) is 4.34. The van der Waals surface area contributed by atoms with Crippen molar-refractivity contribution in [2.24, 2.45) is 0 Å². The van der Waals surface area contributed by atoms with Gasteiger partial charge < -0.3 is 10.2 Å². The number of nitrogens with zero attached hydrogens (tertiary/aromatic N) is 3. The summed E-state index contributed by atoms with van der Waals surface area (Å²) in [7, 11) is 0. The molecule has 118 valence electrons. The maximum atomic E-state index is 12.3. The molecule has 1 aliphatic rings. The van der Waals surface area contributed by atoms with E-state index in [4.69, 9.17) is 0 Å². The fourth-order valence-corrected chi connectivity index (χ4v) is 3.48. The minimum Gasteiger partial charge on any atom is -0.338 e. The van der Waals surface area contributed by atoms with Gasteiger partial charge in [0.2, 0.25) is 0 Å². The maximum Gasteiger partial charge on any atom is 0.263 e. The van der Waals surface area contributed by atoms with Crippen molar-refractivity contribution < 1.29 is 4.79 Å². The molecule has 0 spiro atoms. The summed E-state index contributed by atoms with van der Waals surface area (Å²) in [5.74, 6) is 1.79. The van der Waals surface area contributed by atoms with Gasteiger partial charge in [-0.1, -0.05) is 6.07 Å². The lowest BCUT2D eigenvalue weighted by Crippen LogP contribution is -2.45. The predicted molar refractivity (Wildman–Crippen MR) is 85.9 cm³/mol. The fraction of sp³-hybridized carbons (Fsp3) is 0.533. The molecule has 2 aromatic heterocycles. The number of hydrogen-bond donors (Lipinski definition) is 2. The van der Waals surface area contributed by atoms with Gasteiger partial charge in [0.15, 0.2) is 5.82 Å². The van der Waals surface area contributed by atoms with E-state index >= 15 is 0 Å². The molecule has 7 heteroatoms. The quantitative estimate of drug-likeness (QED) is 0.905. The first-order chi connectivity index (χ1) is 10.6. The van der Waals surface area contributed by atoms with Crippen molar-refractivity contribution in [3.8, 4) is 0 Å². The SMILES string of the molecule is Cc1nc(C(C)NC2CCN(C(=O)c3cccs3)CC2)n[nH]1. The Morgan fingerprint density at radius 1 is 1.50 bits per heavy atom. The number of aromatic nitrogens is 3. The van der Waals surface area contributed by atoms with Crippen molar-refractivity contribution in [1.82, 2.24) is 25.4 Å². The predicted octanol–water partition coefficient (Wildman–Crippen LogP) is 2.13. The zero-order valence-corrected chi connectivity index (χ0v) is 13.7. The van der Waals surface area contributed by atoms with Crippen LogP contribution in [0.15, 0.2) is 17.5 Å². The number of hydrogen-bond acceptors (Lipinski definition) is 5. The lowest BCUT2D eigenvalue weighted by atomic mass is 10.0. The Balaban J connectivity index is 1.50. The Morgan fingerprint density at radius 3 is 2.86 bits per heavy atom. The molecule has 0 radical (unpaired) electrons. The molecule has 1 fully saturated rings. The van der Waals surface area contributed by atoms with Crippen molar-refractivity contribution >= 4 is 17.2 Å². The number of thiophene rings is 1. The van der Waals surface area contributed by atoms with Crippen LogP contribution in [0.5, 0.6) is 0 Å². The van der Waals surface area contributed by atoms with Crippen LogP contribution in [0.25, 0.3) is 0 Å². The molecule has 0 saturated carbocycles. The van der Waals surface area contributed by atoms with Crippen LogP contribution >= 0.6 is 11.3 Å². The zero-order chi connectivity index (χ0) is 15.5. The number of nitrogens with one attached hydrogen (secondary N) is 2. The van der Waals surface area contributed by atoms with Crippen LogP contribution in [-0.2, 0) is 0 Å².